The lowest BCUT2D eigenvalue weighted by atomic mass is 9.94. The molecule has 1 fully saturated rings. The van der Waals surface area contributed by atoms with Gasteiger partial charge in [-0.3, -0.25) is 4.31 Å². The van der Waals surface area contributed by atoms with Crippen LogP contribution in [0.4, 0.5) is 10.1 Å². The molecule has 1 aliphatic heterocycles. The van der Waals surface area contributed by atoms with Crippen molar-refractivity contribution in [1.82, 2.24) is 0 Å². The Bertz CT molecular complexity index is 1810. The zero-order valence-electron chi connectivity index (χ0n) is 22.8. The molecule has 1 heterocycles. The number of rotatable bonds is 8. The third-order valence-corrected chi connectivity index (χ3v) is 10.1. The van der Waals surface area contributed by atoms with E-state index in [-0.39, 0.29) is 17.3 Å². The third-order valence-electron chi connectivity index (χ3n) is 7.89. The number of halogens is 1. The van der Waals surface area contributed by atoms with E-state index < -0.39 is 21.3 Å². The zero-order valence-corrected chi connectivity index (χ0v) is 23.6. The quantitative estimate of drug-likeness (QED) is 0.196. The van der Waals surface area contributed by atoms with Crippen molar-refractivity contribution in [3.05, 3.63) is 138 Å². The molecule has 2 N–H and O–H groups in total. The van der Waals surface area contributed by atoms with Gasteiger partial charge in [-0.15, -0.1) is 0 Å². The Labute approximate surface area is 245 Å². The molecular formula is C35H30FNO4S. The highest BCUT2D eigenvalue weighted by molar-refractivity contribution is 7.95. The summed E-state index contributed by atoms with van der Waals surface area (Å²) in [6, 6.07) is 34.9. The van der Waals surface area contributed by atoms with Crippen LogP contribution in [-0.4, -0.2) is 23.9 Å². The number of nitrogens with zero attached hydrogens (tertiary/aromatic N) is 1. The summed E-state index contributed by atoms with van der Waals surface area (Å²) in [5.41, 5.74) is 5.45. The molecule has 0 bridgehead atoms. The predicted molar refractivity (Wildman–Crippen MR) is 164 cm³/mol. The minimum Gasteiger partial charge on any atom is -0.508 e. The standard InChI is InChI=1S/C35H30FNO4S/c36-29-17-12-24(13-18-29)6-4-11-34-35(32-21-16-28(23-33(32)39)27-9-5-10-31(38)22-27)37(42(34,40)41)30-19-14-26(15-20-30)25-7-2-1-3-8-25/h1-3,5,7-10,12-23,34-35,38-39H,4,6,11H2/t34-,35?/m1/s1. The lowest BCUT2D eigenvalue weighted by Crippen LogP contribution is -2.58. The highest BCUT2D eigenvalue weighted by atomic mass is 32.2. The molecule has 212 valence electrons. The molecule has 0 amide bonds. The lowest BCUT2D eigenvalue weighted by Gasteiger charge is -2.48. The van der Waals surface area contributed by atoms with Gasteiger partial charge in [0.05, 0.1) is 11.7 Å². The Balaban J connectivity index is 1.32. The van der Waals surface area contributed by atoms with Crippen molar-refractivity contribution in [2.75, 3.05) is 4.31 Å². The number of phenols is 2. The van der Waals surface area contributed by atoms with Crippen LogP contribution < -0.4 is 4.31 Å². The molecule has 42 heavy (non-hydrogen) atoms. The first-order valence-electron chi connectivity index (χ1n) is 13.9. The predicted octanol–water partition coefficient (Wildman–Crippen LogP) is 7.85. The fourth-order valence-corrected chi connectivity index (χ4v) is 7.89. The van der Waals surface area contributed by atoms with Crippen LogP contribution in [0.5, 0.6) is 11.5 Å². The van der Waals surface area contributed by atoms with E-state index in [1.54, 1.807) is 54.6 Å². The molecule has 2 atom stereocenters. The second-order valence-corrected chi connectivity index (χ2v) is 12.6. The minimum atomic E-state index is -3.71. The molecule has 0 saturated carbocycles. The number of hydrogen-bond donors (Lipinski definition) is 2. The van der Waals surface area contributed by atoms with Crippen molar-refractivity contribution in [3.63, 3.8) is 0 Å². The van der Waals surface area contributed by atoms with Crippen LogP contribution in [-0.2, 0) is 16.4 Å². The molecule has 5 aromatic rings. The minimum absolute atomic E-state index is 0.00909. The number of aromatic hydroxyl groups is 2. The number of sulfonamides is 1. The summed E-state index contributed by atoms with van der Waals surface area (Å²) < 4.78 is 42.3. The molecule has 0 aromatic heterocycles. The smallest absolute Gasteiger partial charge is 0.241 e. The summed E-state index contributed by atoms with van der Waals surface area (Å²) in [4.78, 5) is 0. The Morgan fingerprint density at radius 1 is 0.690 bits per heavy atom. The highest BCUT2D eigenvalue weighted by Crippen LogP contribution is 2.50. The van der Waals surface area contributed by atoms with Gasteiger partial charge in [-0.25, -0.2) is 12.8 Å². The Kier molecular flexibility index (Phi) is 7.43. The number of aryl methyl sites for hydroxylation is 1. The van der Waals surface area contributed by atoms with E-state index in [1.807, 2.05) is 54.6 Å². The van der Waals surface area contributed by atoms with Gasteiger partial charge < -0.3 is 10.2 Å². The molecule has 1 saturated heterocycles. The fraction of sp³-hybridized carbons (Fsp3) is 0.143. The van der Waals surface area contributed by atoms with Gasteiger partial charge in [0.1, 0.15) is 22.6 Å². The average Bonchev–Trinajstić information content (AvgIpc) is 3.00. The number of anilines is 1. The first-order chi connectivity index (χ1) is 20.3. The maximum Gasteiger partial charge on any atom is 0.241 e. The highest BCUT2D eigenvalue weighted by Gasteiger charge is 2.54. The SMILES string of the molecule is O=S1(=O)[C@H](CCCc2ccc(F)cc2)C(c2ccc(-c3cccc(O)c3)cc2O)N1c1ccc(-c2ccccc2)cc1. The second-order valence-electron chi connectivity index (χ2n) is 10.6. The summed E-state index contributed by atoms with van der Waals surface area (Å²) in [6.07, 6.45) is 1.60. The van der Waals surface area contributed by atoms with Gasteiger partial charge in [0.25, 0.3) is 0 Å². The van der Waals surface area contributed by atoms with E-state index in [2.05, 4.69) is 0 Å². The van der Waals surface area contributed by atoms with E-state index in [9.17, 15) is 23.0 Å². The zero-order chi connectivity index (χ0) is 29.3. The Morgan fingerprint density at radius 2 is 1.33 bits per heavy atom. The topological polar surface area (TPSA) is 77.8 Å². The molecule has 5 aromatic carbocycles. The number of hydrogen-bond acceptors (Lipinski definition) is 4. The molecule has 0 radical (unpaired) electrons. The molecule has 1 unspecified atom stereocenters. The van der Waals surface area contributed by atoms with Crippen molar-refractivity contribution in [2.24, 2.45) is 0 Å². The number of phenolic OH excluding ortho intramolecular Hbond substituents is 2. The van der Waals surface area contributed by atoms with Gasteiger partial charge >= 0.3 is 0 Å². The molecule has 0 spiro atoms. The van der Waals surface area contributed by atoms with Crippen molar-refractivity contribution in [2.45, 2.75) is 30.6 Å². The summed E-state index contributed by atoms with van der Waals surface area (Å²) >= 11 is 0. The van der Waals surface area contributed by atoms with Crippen molar-refractivity contribution in [3.8, 4) is 33.8 Å². The van der Waals surface area contributed by atoms with E-state index in [1.165, 1.54) is 16.4 Å². The molecule has 5 nitrogen and oxygen atoms in total. The average molecular weight is 580 g/mol. The molecule has 0 aliphatic carbocycles. The van der Waals surface area contributed by atoms with Crippen LogP contribution in [0.2, 0.25) is 0 Å². The molecular weight excluding hydrogens is 549 g/mol. The maximum absolute atomic E-state index is 13.8. The monoisotopic (exact) mass is 579 g/mol. The molecule has 1 aliphatic rings. The Hall–Kier alpha value is -4.62. The lowest BCUT2D eigenvalue weighted by molar-refractivity contribution is 0.437. The van der Waals surface area contributed by atoms with Crippen LogP contribution in [0.1, 0.15) is 30.0 Å². The maximum atomic E-state index is 13.8. The van der Waals surface area contributed by atoms with Gasteiger partial charge in [0, 0.05) is 5.56 Å². The fourth-order valence-electron chi connectivity index (χ4n) is 5.75. The van der Waals surface area contributed by atoms with Gasteiger partial charge in [-0.05, 0) is 89.5 Å². The van der Waals surface area contributed by atoms with E-state index in [0.29, 0.717) is 36.1 Å². The van der Waals surface area contributed by atoms with Gasteiger partial charge in [0.2, 0.25) is 10.0 Å². The largest absolute Gasteiger partial charge is 0.508 e. The van der Waals surface area contributed by atoms with Crippen molar-refractivity contribution in [1.29, 1.82) is 0 Å². The Morgan fingerprint density at radius 3 is 2.02 bits per heavy atom. The summed E-state index contributed by atoms with van der Waals surface area (Å²) in [6.45, 7) is 0. The van der Waals surface area contributed by atoms with Gasteiger partial charge in [0.15, 0.2) is 0 Å². The van der Waals surface area contributed by atoms with Crippen LogP contribution >= 0.6 is 0 Å². The van der Waals surface area contributed by atoms with E-state index in [4.69, 9.17) is 0 Å². The third kappa shape index (κ3) is 5.35. The van der Waals surface area contributed by atoms with Gasteiger partial charge in [-0.1, -0.05) is 78.9 Å². The summed E-state index contributed by atoms with van der Waals surface area (Å²) in [5.74, 6) is -0.198. The molecule has 6 rings (SSSR count). The van der Waals surface area contributed by atoms with Gasteiger partial charge in [-0.2, -0.15) is 0 Å². The summed E-state index contributed by atoms with van der Waals surface area (Å²) in [5, 5.41) is 20.4. The van der Waals surface area contributed by atoms with Crippen molar-refractivity contribution >= 4 is 15.7 Å². The van der Waals surface area contributed by atoms with Crippen LogP contribution in [0.3, 0.4) is 0 Å². The first kappa shape index (κ1) is 27.5. The van der Waals surface area contributed by atoms with Crippen LogP contribution in [0.25, 0.3) is 22.3 Å². The number of benzene rings is 5. The molecule has 7 heteroatoms. The first-order valence-corrected chi connectivity index (χ1v) is 15.4. The van der Waals surface area contributed by atoms with E-state index >= 15 is 0 Å². The normalized spacial score (nSPS) is 17.5. The van der Waals surface area contributed by atoms with Crippen molar-refractivity contribution < 1.29 is 23.0 Å². The summed E-state index contributed by atoms with van der Waals surface area (Å²) in [7, 11) is -3.71. The van der Waals surface area contributed by atoms with E-state index in [0.717, 1.165) is 22.3 Å². The van der Waals surface area contributed by atoms with Crippen LogP contribution in [0.15, 0.2) is 121 Å². The van der Waals surface area contributed by atoms with Crippen LogP contribution in [0, 0.1) is 5.82 Å². The second kappa shape index (κ2) is 11.3.